The second-order valence-electron chi connectivity index (χ2n) is 5.84. The summed E-state index contributed by atoms with van der Waals surface area (Å²) in [6.45, 7) is 3.81. The average molecular weight is 370 g/mol. The standard InChI is InChI=1S/C18H18N4O3S/c1-11-3-4-14(12(2)9-11)18(24)21-20-15(23)5-6-16-19-17(22-25-16)13-7-8-26-10-13/h3-4,7-10H,5-6H2,1-2H3,(H,20,23)(H,21,24). The zero-order valence-electron chi connectivity index (χ0n) is 14.4. The number of hydrogen-bond acceptors (Lipinski definition) is 6. The third-order valence-corrected chi connectivity index (χ3v) is 4.44. The number of carbonyl (C=O) groups is 2. The highest BCUT2D eigenvalue weighted by Gasteiger charge is 2.13. The number of nitrogens with zero attached hydrogens (tertiary/aromatic N) is 2. The Labute approximate surface area is 154 Å². The van der Waals surface area contributed by atoms with E-state index in [-0.39, 0.29) is 18.2 Å². The first kappa shape index (κ1) is 17.8. The molecule has 0 saturated carbocycles. The van der Waals surface area contributed by atoms with Gasteiger partial charge in [-0.1, -0.05) is 22.9 Å². The predicted octanol–water partition coefficient (Wildman–Crippen LogP) is 2.81. The Bertz CT molecular complexity index is 918. The quantitative estimate of drug-likeness (QED) is 0.673. The van der Waals surface area contributed by atoms with Crippen molar-refractivity contribution in [1.29, 1.82) is 0 Å². The van der Waals surface area contributed by atoms with Crippen molar-refractivity contribution < 1.29 is 14.1 Å². The van der Waals surface area contributed by atoms with Crippen LogP contribution in [0, 0.1) is 13.8 Å². The van der Waals surface area contributed by atoms with Gasteiger partial charge in [-0.2, -0.15) is 16.3 Å². The highest BCUT2D eigenvalue weighted by molar-refractivity contribution is 7.08. The number of aromatic nitrogens is 2. The van der Waals surface area contributed by atoms with Crippen molar-refractivity contribution in [3.8, 4) is 11.4 Å². The molecule has 1 aromatic carbocycles. The third-order valence-electron chi connectivity index (χ3n) is 3.76. The topological polar surface area (TPSA) is 97.1 Å². The molecule has 26 heavy (non-hydrogen) atoms. The maximum absolute atomic E-state index is 12.1. The number of carbonyl (C=O) groups excluding carboxylic acids is 2. The summed E-state index contributed by atoms with van der Waals surface area (Å²) in [7, 11) is 0. The minimum absolute atomic E-state index is 0.123. The molecule has 0 aliphatic carbocycles. The van der Waals surface area contributed by atoms with Crippen molar-refractivity contribution in [3.05, 3.63) is 57.6 Å². The summed E-state index contributed by atoms with van der Waals surface area (Å²) in [6, 6.07) is 7.40. The molecule has 7 nitrogen and oxygen atoms in total. The van der Waals surface area contributed by atoms with Crippen LogP contribution in [0.1, 0.15) is 33.8 Å². The van der Waals surface area contributed by atoms with Gasteiger partial charge in [0.2, 0.25) is 17.6 Å². The second kappa shape index (κ2) is 7.92. The Morgan fingerprint density at radius 2 is 2.04 bits per heavy atom. The smallest absolute Gasteiger partial charge is 0.269 e. The van der Waals surface area contributed by atoms with E-state index >= 15 is 0 Å². The minimum Gasteiger partial charge on any atom is -0.339 e. The van der Waals surface area contributed by atoms with E-state index in [4.69, 9.17) is 4.52 Å². The second-order valence-corrected chi connectivity index (χ2v) is 6.62. The minimum atomic E-state index is -0.353. The number of rotatable bonds is 5. The largest absolute Gasteiger partial charge is 0.339 e. The van der Waals surface area contributed by atoms with Crippen LogP contribution in [0.5, 0.6) is 0 Å². The Balaban J connectivity index is 1.48. The first-order chi connectivity index (χ1) is 12.5. The molecule has 0 fully saturated rings. The molecule has 0 aliphatic heterocycles. The van der Waals surface area contributed by atoms with Gasteiger partial charge in [-0.3, -0.25) is 20.4 Å². The van der Waals surface area contributed by atoms with Gasteiger partial charge in [0.15, 0.2) is 0 Å². The van der Waals surface area contributed by atoms with E-state index in [1.54, 1.807) is 17.4 Å². The normalized spacial score (nSPS) is 10.5. The van der Waals surface area contributed by atoms with Crippen LogP contribution in [0.15, 0.2) is 39.5 Å². The van der Waals surface area contributed by atoms with E-state index in [0.717, 1.165) is 16.7 Å². The first-order valence-electron chi connectivity index (χ1n) is 8.04. The summed E-state index contributed by atoms with van der Waals surface area (Å²) in [5.41, 5.74) is 8.15. The Morgan fingerprint density at radius 3 is 2.77 bits per heavy atom. The average Bonchev–Trinajstić information content (AvgIpc) is 3.29. The van der Waals surface area contributed by atoms with Crippen LogP contribution in [-0.4, -0.2) is 22.0 Å². The fraction of sp³-hybridized carbons (Fsp3) is 0.222. The summed E-state index contributed by atoms with van der Waals surface area (Å²) >= 11 is 1.55. The lowest BCUT2D eigenvalue weighted by Crippen LogP contribution is -2.42. The monoisotopic (exact) mass is 370 g/mol. The van der Waals surface area contributed by atoms with E-state index in [9.17, 15) is 9.59 Å². The number of benzene rings is 1. The van der Waals surface area contributed by atoms with E-state index in [1.165, 1.54) is 0 Å². The molecule has 0 aliphatic rings. The van der Waals surface area contributed by atoms with Gasteiger partial charge in [0.25, 0.3) is 5.91 Å². The van der Waals surface area contributed by atoms with Crippen LogP contribution in [-0.2, 0) is 11.2 Å². The van der Waals surface area contributed by atoms with Gasteiger partial charge >= 0.3 is 0 Å². The molecule has 2 amide bonds. The number of nitrogens with one attached hydrogen (secondary N) is 2. The van der Waals surface area contributed by atoms with Crippen molar-refractivity contribution in [2.24, 2.45) is 0 Å². The summed E-state index contributed by atoms with van der Waals surface area (Å²) < 4.78 is 5.14. The van der Waals surface area contributed by atoms with Gasteiger partial charge in [-0.05, 0) is 36.9 Å². The molecule has 0 bridgehead atoms. The molecule has 8 heteroatoms. The van der Waals surface area contributed by atoms with Crippen LogP contribution in [0.4, 0.5) is 0 Å². The Kier molecular flexibility index (Phi) is 5.43. The van der Waals surface area contributed by atoms with Crippen LogP contribution >= 0.6 is 11.3 Å². The van der Waals surface area contributed by atoms with E-state index in [2.05, 4.69) is 21.0 Å². The molecule has 0 unspecified atom stereocenters. The zero-order chi connectivity index (χ0) is 18.5. The first-order valence-corrected chi connectivity index (χ1v) is 8.99. The van der Waals surface area contributed by atoms with Crippen LogP contribution in [0.25, 0.3) is 11.4 Å². The number of hydrogen-bond donors (Lipinski definition) is 2. The maximum Gasteiger partial charge on any atom is 0.269 e. The molecule has 3 aromatic rings. The summed E-state index contributed by atoms with van der Waals surface area (Å²) in [4.78, 5) is 28.3. The van der Waals surface area contributed by atoms with Gasteiger partial charge in [-0.25, -0.2) is 0 Å². The van der Waals surface area contributed by atoms with Crippen LogP contribution in [0.3, 0.4) is 0 Å². The highest BCUT2D eigenvalue weighted by atomic mass is 32.1. The molecule has 0 atom stereocenters. The molecular weight excluding hydrogens is 352 g/mol. The summed E-state index contributed by atoms with van der Waals surface area (Å²) in [5, 5.41) is 7.73. The highest BCUT2D eigenvalue weighted by Crippen LogP contribution is 2.18. The van der Waals surface area contributed by atoms with E-state index in [0.29, 0.717) is 23.7 Å². The Morgan fingerprint density at radius 1 is 1.19 bits per heavy atom. The summed E-state index contributed by atoms with van der Waals surface area (Å²) in [6.07, 6.45) is 0.417. The molecule has 0 radical (unpaired) electrons. The fourth-order valence-electron chi connectivity index (χ4n) is 2.41. The van der Waals surface area contributed by atoms with Crippen LogP contribution < -0.4 is 10.9 Å². The molecule has 134 valence electrons. The molecule has 2 N–H and O–H groups in total. The van der Waals surface area contributed by atoms with Crippen molar-refractivity contribution in [3.63, 3.8) is 0 Å². The summed E-state index contributed by atoms with van der Waals surface area (Å²) in [5.74, 6) is 0.193. The van der Waals surface area contributed by atoms with E-state index < -0.39 is 0 Å². The molecule has 2 heterocycles. The molecule has 3 rings (SSSR count). The fourth-order valence-corrected chi connectivity index (χ4v) is 3.04. The lowest BCUT2D eigenvalue weighted by Gasteiger charge is -2.09. The number of hydrazine groups is 1. The van der Waals surface area contributed by atoms with E-state index in [1.807, 2.05) is 42.8 Å². The number of aryl methyl sites for hydroxylation is 3. The van der Waals surface area contributed by atoms with Gasteiger partial charge in [0, 0.05) is 29.3 Å². The third kappa shape index (κ3) is 4.34. The molecule has 0 saturated heterocycles. The van der Waals surface area contributed by atoms with Crippen molar-refractivity contribution >= 4 is 23.2 Å². The van der Waals surface area contributed by atoms with Gasteiger partial charge < -0.3 is 4.52 Å². The SMILES string of the molecule is Cc1ccc(C(=O)NNC(=O)CCc2nc(-c3ccsc3)no2)c(C)c1. The molecule has 2 aromatic heterocycles. The zero-order valence-corrected chi connectivity index (χ0v) is 15.2. The lowest BCUT2D eigenvalue weighted by atomic mass is 10.1. The molecule has 0 spiro atoms. The Hall–Kier alpha value is -3.00. The van der Waals surface area contributed by atoms with Crippen molar-refractivity contribution in [2.75, 3.05) is 0 Å². The van der Waals surface area contributed by atoms with Crippen molar-refractivity contribution in [2.45, 2.75) is 26.7 Å². The molecular formula is C18H18N4O3S. The number of amides is 2. The lowest BCUT2D eigenvalue weighted by molar-refractivity contribution is -0.121. The number of thiophene rings is 1. The van der Waals surface area contributed by atoms with Gasteiger partial charge in [-0.15, -0.1) is 0 Å². The predicted molar refractivity (Wildman–Crippen MR) is 97.5 cm³/mol. The van der Waals surface area contributed by atoms with Gasteiger partial charge in [0.05, 0.1) is 0 Å². The van der Waals surface area contributed by atoms with Crippen molar-refractivity contribution in [1.82, 2.24) is 21.0 Å². The maximum atomic E-state index is 12.1. The van der Waals surface area contributed by atoms with Crippen LogP contribution in [0.2, 0.25) is 0 Å². The van der Waals surface area contributed by atoms with Gasteiger partial charge in [0.1, 0.15) is 0 Å².